The predicted molar refractivity (Wildman–Crippen MR) is 146 cm³/mol. The highest BCUT2D eigenvalue weighted by atomic mass is 16.5. The van der Waals surface area contributed by atoms with E-state index >= 15 is 0 Å². The molecule has 196 valence electrons. The third-order valence-electron chi connectivity index (χ3n) is 5.50. The average Bonchev–Trinajstić information content (AvgIpc) is 3.54. The van der Waals surface area contributed by atoms with Gasteiger partial charge in [-0.3, -0.25) is 0 Å². The van der Waals surface area contributed by atoms with Gasteiger partial charge in [-0.1, -0.05) is 39.8 Å². The minimum atomic E-state index is -0.499. The lowest BCUT2D eigenvalue weighted by Crippen LogP contribution is -2.35. The van der Waals surface area contributed by atoms with Gasteiger partial charge in [0, 0.05) is 59.4 Å². The molecule has 0 aliphatic heterocycles. The number of ether oxygens (including phenoxy) is 2. The summed E-state index contributed by atoms with van der Waals surface area (Å²) >= 11 is 0. The number of benzene rings is 2. The average molecular weight is 497 g/mol. The van der Waals surface area contributed by atoms with Crippen molar-refractivity contribution in [3.63, 3.8) is 0 Å². The van der Waals surface area contributed by atoms with Crippen LogP contribution in [0.3, 0.4) is 0 Å². The number of aromatic amines is 2. The molecule has 0 aliphatic carbocycles. The normalized spacial score (nSPS) is 13.1. The van der Waals surface area contributed by atoms with Crippen molar-refractivity contribution in [1.82, 2.24) is 20.6 Å². The Hall–Kier alpha value is -3.04. The Labute approximate surface area is 213 Å². The van der Waals surface area contributed by atoms with Crippen LogP contribution in [0.2, 0.25) is 0 Å². The Bertz CT molecular complexity index is 1080. The zero-order chi connectivity index (χ0) is 25.9. The predicted octanol–water partition coefficient (Wildman–Crippen LogP) is 3.81. The summed E-state index contributed by atoms with van der Waals surface area (Å²) in [4.78, 5) is 6.27. The molecule has 0 spiro atoms. The fourth-order valence-corrected chi connectivity index (χ4v) is 3.60. The van der Waals surface area contributed by atoms with Crippen LogP contribution in [0.15, 0.2) is 60.9 Å². The molecule has 0 fully saturated rings. The van der Waals surface area contributed by atoms with Gasteiger partial charge >= 0.3 is 0 Å². The molecule has 4 rings (SSSR count). The summed E-state index contributed by atoms with van der Waals surface area (Å²) in [6, 6.07) is 16.4. The molecular weight excluding hydrogens is 456 g/mol. The van der Waals surface area contributed by atoms with Gasteiger partial charge in [-0.2, -0.15) is 0 Å². The summed E-state index contributed by atoms with van der Waals surface area (Å²) in [5.41, 5.74) is 2.09. The number of aromatic nitrogens is 2. The molecule has 0 unspecified atom stereocenters. The number of hydrogen-bond acceptors (Lipinski definition) is 6. The van der Waals surface area contributed by atoms with Crippen molar-refractivity contribution in [2.24, 2.45) is 0 Å². The number of aliphatic hydroxyl groups excluding tert-OH is 2. The summed E-state index contributed by atoms with van der Waals surface area (Å²) in [7, 11) is 0. The minimum Gasteiger partial charge on any atom is -0.490 e. The van der Waals surface area contributed by atoms with Crippen molar-refractivity contribution in [3.8, 4) is 11.5 Å². The van der Waals surface area contributed by atoms with Gasteiger partial charge in [0.2, 0.25) is 0 Å². The van der Waals surface area contributed by atoms with Crippen LogP contribution in [-0.2, 0) is 0 Å². The Kier molecular flexibility index (Phi) is 10.6. The maximum Gasteiger partial charge on any atom is 0.128 e. The molecular formula is C28H40N4O4. The van der Waals surface area contributed by atoms with Crippen LogP contribution in [0.25, 0.3) is 21.8 Å². The Morgan fingerprint density at radius 3 is 1.47 bits per heavy atom. The molecule has 2 atom stereocenters. The van der Waals surface area contributed by atoms with Gasteiger partial charge < -0.3 is 40.3 Å². The second kappa shape index (κ2) is 13.9. The number of H-pyrrole nitrogens is 2. The van der Waals surface area contributed by atoms with E-state index in [2.05, 4.69) is 20.6 Å². The van der Waals surface area contributed by atoms with Gasteiger partial charge in [-0.15, -0.1) is 0 Å². The van der Waals surface area contributed by atoms with Gasteiger partial charge in [0.25, 0.3) is 0 Å². The van der Waals surface area contributed by atoms with Crippen LogP contribution in [0, 0.1) is 0 Å². The maximum atomic E-state index is 9.79. The zero-order valence-electron chi connectivity index (χ0n) is 21.6. The maximum absolute atomic E-state index is 9.79. The second-order valence-electron chi connectivity index (χ2n) is 9.45. The van der Waals surface area contributed by atoms with Crippen LogP contribution in [0.1, 0.15) is 27.7 Å². The van der Waals surface area contributed by atoms with Crippen molar-refractivity contribution in [3.05, 3.63) is 60.9 Å². The summed E-state index contributed by atoms with van der Waals surface area (Å²) in [6.07, 6.45) is 2.77. The van der Waals surface area contributed by atoms with Gasteiger partial charge in [0.15, 0.2) is 0 Å². The molecule has 8 nitrogen and oxygen atoms in total. The van der Waals surface area contributed by atoms with Crippen LogP contribution < -0.4 is 20.1 Å². The lowest BCUT2D eigenvalue weighted by atomic mass is 10.2. The van der Waals surface area contributed by atoms with E-state index in [0.29, 0.717) is 38.4 Å². The van der Waals surface area contributed by atoms with E-state index in [0.717, 1.165) is 33.3 Å². The molecule has 2 aromatic carbocycles. The fraction of sp³-hybridized carbons (Fsp3) is 0.429. The number of aliphatic hydroxyl groups is 2. The highest BCUT2D eigenvalue weighted by molar-refractivity contribution is 5.86. The van der Waals surface area contributed by atoms with Crippen molar-refractivity contribution in [2.75, 3.05) is 26.3 Å². The van der Waals surface area contributed by atoms with Crippen LogP contribution >= 0.6 is 0 Å². The SMILES string of the molecule is CC(C)NC[C@H](O)COc1cccc2[nH]ccc12.CC(C)NC[C@H](O)COc1cccc2[nH]ccc12. The number of nitrogens with one attached hydrogen (secondary N) is 4. The van der Waals surface area contributed by atoms with Crippen molar-refractivity contribution in [1.29, 1.82) is 0 Å². The molecule has 2 aromatic heterocycles. The molecule has 6 N–H and O–H groups in total. The number of fused-ring (bicyclic) bond motifs is 2. The largest absolute Gasteiger partial charge is 0.490 e. The Morgan fingerprint density at radius 2 is 1.08 bits per heavy atom. The van der Waals surface area contributed by atoms with E-state index in [9.17, 15) is 10.2 Å². The van der Waals surface area contributed by atoms with E-state index in [1.165, 1.54) is 0 Å². The molecule has 4 aromatic rings. The summed E-state index contributed by atoms with van der Waals surface area (Å²) < 4.78 is 11.3. The number of hydrogen-bond donors (Lipinski definition) is 6. The molecule has 36 heavy (non-hydrogen) atoms. The third kappa shape index (κ3) is 8.57. The first-order chi connectivity index (χ1) is 17.3. The van der Waals surface area contributed by atoms with E-state index < -0.39 is 12.2 Å². The molecule has 0 saturated carbocycles. The molecule has 8 heteroatoms. The van der Waals surface area contributed by atoms with Crippen LogP contribution in [-0.4, -0.2) is 70.8 Å². The first-order valence-corrected chi connectivity index (χ1v) is 12.5. The first-order valence-electron chi connectivity index (χ1n) is 12.5. The van der Waals surface area contributed by atoms with Gasteiger partial charge in [0.1, 0.15) is 36.9 Å². The minimum absolute atomic E-state index is 0.296. The Balaban J connectivity index is 0.000000201. The van der Waals surface area contributed by atoms with E-state index in [4.69, 9.17) is 9.47 Å². The summed E-state index contributed by atoms with van der Waals surface area (Å²) in [5, 5.41) is 28.0. The highest BCUT2D eigenvalue weighted by Gasteiger charge is 2.09. The molecule has 0 saturated heterocycles. The molecule has 0 radical (unpaired) electrons. The topological polar surface area (TPSA) is 115 Å². The third-order valence-corrected chi connectivity index (χ3v) is 5.50. The quantitative estimate of drug-likeness (QED) is 0.178. The van der Waals surface area contributed by atoms with Crippen LogP contribution in [0.4, 0.5) is 0 Å². The second-order valence-corrected chi connectivity index (χ2v) is 9.45. The van der Waals surface area contributed by atoms with Crippen molar-refractivity contribution < 1.29 is 19.7 Å². The van der Waals surface area contributed by atoms with Gasteiger partial charge in [-0.25, -0.2) is 0 Å². The van der Waals surface area contributed by atoms with Gasteiger partial charge in [0.05, 0.1) is 0 Å². The lowest BCUT2D eigenvalue weighted by molar-refractivity contribution is 0.105. The van der Waals surface area contributed by atoms with E-state index in [1.807, 2.05) is 88.6 Å². The first kappa shape index (κ1) is 27.5. The zero-order valence-corrected chi connectivity index (χ0v) is 21.6. The lowest BCUT2D eigenvalue weighted by Gasteiger charge is -2.15. The molecule has 0 amide bonds. The van der Waals surface area contributed by atoms with Crippen molar-refractivity contribution >= 4 is 21.8 Å². The highest BCUT2D eigenvalue weighted by Crippen LogP contribution is 2.25. The van der Waals surface area contributed by atoms with Crippen molar-refractivity contribution in [2.45, 2.75) is 52.0 Å². The fourth-order valence-electron chi connectivity index (χ4n) is 3.60. The smallest absolute Gasteiger partial charge is 0.128 e. The van der Waals surface area contributed by atoms with E-state index in [-0.39, 0.29) is 0 Å². The molecule has 0 aliphatic rings. The molecule has 2 heterocycles. The van der Waals surface area contributed by atoms with Gasteiger partial charge in [-0.05, 0) is 36.4 Å². The summed E-state index contributed by atoms with van der Waals surface area (Å²) in [5.74, 6) is 1.61. The summed E-state index contributed by atoms with van der Waals surface area (Å²) in [6.45, 7) is 9.88. The standard InChI is InChI=1S/2C14H20N2O2/c2*1-10(2)16-8-11(17)9-18-14-5-3-4-13-12(14)6-7-15-13/h2*3-7,10-11,15-17H,8-9H2,1-2H3/t2*11-/m00/s1. The van der Waals surface area contributed by atoms with Crippen LogP contribution in [0.5, 0.6) is 11.5 Å². The molecule has 0 bridgehead atoms. The number of rotatable bonds is 12. The monoisotopic (exact) mass is 496 g/mol. The Morgan fingerprint density at radius 1 is 0.667 bits per heavy atom. The van der Waals surface area contributed by atoms with E-state index in [1.54, 1.807) is 0 Å².